The van der Waals surface area contributed by atoms with Gasteiger partial charge < -0.3 is 9.88 Å². The van der Waals surface area contributed by atoms with Gasteiger partial charge in [0.05, 0.1) is 15.9 Å². The number of aromatic nitrogens is 2. The number of aryl methyl sites for hydroxylation is 2. The number of nitrogens with one attached hydrogen (secondary N) is 1. The quantitative estimate of drug-likeness (QED) is 0.594. The molecule has 1 aromatic heterocycles. The fraction of sp³-hybridized carbons (Fsp3) is 0.704. The summed E-state index contributed by atoms with van der Waals surface area (Å²) in [5.41, 5.74) is 1.65. The van der Waals surface area contributed by atoms with Crippen molar-refractivity contribution < 1.29 is 13.2 Å². The maximum Gasteiger partial charge on any atom is 0.243 e. The van der Waals surface area contributed by atoms with E-state index in [1.807, 2.05) is 6.07 Å². The number of sulfonamides is 1. The second kappa shape index (κ2) is 9.18. The van der Waals surface area contributed by atoms with Gasteiger partial charge in [-0.25, -0.2) is 13.4 Å². The maximum absolute atomic E-state index is 13.0. The average molecular weight is 499 g/mol. The Morgan fingerprint density at radius 3 is 2.69 bits per heavy atom. The van der Waals surface area contributed by atoms with Gasteiger partial charge >= 0.3 is 0 Å². The molecule has 7 nitrogen and oxygen atoms in total. The van der Waals surface area contributed by atoms with Crippen LogP contribution in [-0.2, 0) is 27.8 Å². The van der Waals surface area contributed by atoms with Gasteiger partial charge in [-0.2, -0.15) is 4.31 Å². The first-order valence-corrected chi connectivity index (χ1v) is 15.2. The van der Waals surface area contributed by atoms with E-state index in [1.165, 1.54) is 32.1 Å². The normalized spacial score (nSPS) is 30.4. The highest BCUT2D eigenvalue weighted by molar-refractivity contribution is 7.89. The van der Waals surface area contributed by atoms with E-state index in [-0.39, 0.29) is 5.91 Å². The number of imidazole rings is 1. The lowest BCUT2D eigenvalue weighted by Gasteiger charge is -2.32. The summed E-state index contributed by atoms with van der Waals surface area (Å²) in [6, 6.07) is 5.68. The van der Waals surface area contributed by atoms with Crippen molar-refractivity contribution in [3.8, 4) is 0 Å². The SMILES string of the molecule is CCCn1c(CCC(=O)NC2CC3CC2C2CCCC32)nc2cc(S(=O)(=O)N3CCCC3)ccc21. The Kier molecular flexibility index (Phi) is 6.16. The first-order valence-electron chi connectivity index (χ1n) is 13.7. The molecular formula is C27H38N4O3S. The average Bonchev–Trinajstić information content (AvgIpc) is 3.65. The van der Waals surface area contributed by atoms with Gasteiger partial charge in [0.15, 0.2) is 0 Å². The van der Waals surface area contributed by atoms with Crippen molar-refractivity contribution in [3.05, 3.63) is 24.0 Å². The van der Waals surface area contributed by atoms with Gasteiger partial charge in [-0.1, -0.05) is 13.3 Å². The third-order valence-electron chi connectivity index (χ3n) is 9.30. The van der Waals surface area contributed by atoms with Gasteiger partial charge in [-0.05, 0) is 86.8 Å². The minimum Gasteiger partial charge on any atom is -0.353 e. The molecule has 5 atom stereocenters. The third-order valence-corrected chi connectivity index (χ3v) is 11.2. The van der Waals surface area contributed by atoms with Crippen molar-refractivity contribution in [1.29, 1.82) is 0 Å². The Bertz CT molecular complexity index is 1220. The molecule has 1 aliphatic heterocycles. The number of nitrogens with zero attached hydrogens (tertiary/aromatic N) is 3. The number of fused-ring (bicyclic) bond motifs is 6. The van der Waals surface area contributed by atoms with Crippen LogP contribution in [0, 0.1) is 23.7 Å². The Labute approximate surface area is 208 Å². The summed E-state index contributed by atoms with van der Waals surface area (Å²) in [5.74, 6) is 4.30. The van der Waals surface area contributed by atoms with Crippen molar-refractivity contribution in [2.24, 2.45) is 23.7 Å². The van der Waals surface area contributed by atoms with Crippen molar-refractivity contribution in [2.45, 2.75) is 88.6 Å². The summed E-state index contributed by atoms with van der Waals surface area (Å²) in [7, 11) is -3.48. The lowest BCUT2D eigenvalue weighted by molar-refractivity contribution is -0.122. The predicted molar refractivity (Wildman–Crippen MR) is 135 cm³/mol. The number of carbonyl (C=O) groups is 1. The summed E-state index contributed by atoms with van der Waals surface area (Å²) in [4.78, 5) is 18.1. The zero-order valence-corrected chi connectivity index (χ0v) is 21.6. The maximum atomic E-state index is 13.0. The van der Waals surface area contributed by atoms with Gasteiger partial charge in [-0.3, -0.25) is 4.79 Å². The van der Waals surface area contributed by atoms with Crippen LogP contribution in [0.5, 0.6) is 0 Å². The monoisotopic (exact) mass is 498 g/mol. The molecule has 0 spiro atoms. The van der Waals surface area contributed by atoms with Gasteiger partial charge in [0.1, 0.15) is 5.82 Å². The largest absolute Gasteiger partial charge is 0.353 e. The highest BCUT2D eigenvalue weighted by atomic mass is 32.2. The van der Waals surface area contributed by atoms with Crippen LogP contribution in [0.2, 0.25) is 0 Å². The zero-order valence-electron chi connectivity index (χ0n) is 20.8. The first kappa shape index (κ1) is 23.5. The highest BCUT2D eigenvalue weighted by Crippen LogP contribution is 2.58. The predicted octanol–water partition coefficient (Wildman–Crippen LogP) is 4.10. The number of amides is 1. The molecule has 8 heteroatoms. The smallest absolute Gasteiger partial charge is 0.243 e. The van der Waals surface area contributed by atoms with E-state index in [2.05, 4.69) is 16.8 Å². The Morgan fingerprint density at radius 2 is 1.89 bits per heavy atom. The molecule has 3 aliphatic carbocycles. The molecule has 4 fully saturated rings. The van der Waals surface area contributed by atoms with Crippen LogP contribution >= 0.6 is 0 Å². The third kappa shape index (κ3) is 4.10. The van der Waals surface area contributed by atoms with Crippen molar-refractivity contribution in [2.75, 3.05) is 13.1 Å². The van der Waals surface area contributed by atoms with Crippen LogP contribution in [0.1, 0.15) is 70.5 Å². The molecule has 190 valence electrons. The Morgan fingerprint density at radius 1 is 1.09 bits per heavy atom. The lowest BCUT2D eigenvalue weighted by Crippen LogP contribution is -2.42. The van der Waals surface area contributed by atoms with Crippen LogP contribution in [0.3, 0.4) is 0 Å². The molecule has 2 bridgehead atoms. The van der Waals surface area contributed by atoms with Gasteiger partial charge in [0.25, 0.3) is 0 Å². The van der Waals surface area contributed by atoms with E-state index in [0.717, 1.165) is 54.9 Å². The van der Waals surface area contributed by atoms with Gasteiger partial charge in [-0.15, -0.1) is 0 Å². The number of benzene rings is 1. The molecule has 1 saturated heterocycles. The molecule has 35 heavy (non-hydrogen) atoms. The molecule has 2 heterocycles. The lowest BCUT2D eigenvalue weighted by atomic mass is 9.79. The number of rotatable bonds is 8. The Balaban J connectivity index is 1.16. The molecule has 3 saturated carbocycles. The van der Waals surface area contributed by atoms with E-state index in [4.69, 9.17) is 4.98 Å². The van der Waals surface area contributed by atoms with Crippen LogP contribution < -0.4 is 5.32 Å². The summed E-state index contributed by atoms with van der Waals surface area (Å²) in [6.07, 6.45) is 10.4. The van der Waals surface area contributed by atoms with Gasteiger partial charge in [0.2, 0.25) is 15.9 Å². The van der Waals surface area contributed by atoms with Gasteiger partial charge in [0, 0.05) is 38.5 Å². The topological polar surface area (TPSA) is 84.3 Å². The number of carbonyl (C=O) groups excluding carboxylic acids is 1. The summed E-state index contributed by atoms with van der Waals surface area (Å²) in [5, 5.41) is 3.38. The van der Waals surface area contributed by atoms with Crippen LogP contribution in [-0.4, -0.2) is 47.3 Å². The minimum absolute atomic E-state index is 0.129. The second-order valence-electron chi connectivity index (χ2n) is 11.3. The van der Waals surface area contributed by atoms with E-state index in [1.54, 1.807) is 16.4 Å². The van der Waals surface area contributed by atoms with Crippen LogP contribution in [0.15, 0.2) is 23.1 Å². The molecule has 0 radical (unpaired) electrons. The molecule has 1 aromatic carbocycles. The summed E-state index contributed by atoms with van der Waals surface area (Å²) >= 11 is 0. The summed E-state index contributed by atoms with van der Waals surface area (Å²) in [6.45, 7) is 4.12. The molecular weight excluding hydrogens is 460 g/mol. The fourth-order valence-electron chi connectivity index (χ4n) is 7.80. The van der Waals surface area contributed by atoms with Crippen molar-refractivity contribution in [1.82, 2.24) is 19.2 Å². The molecule has 4 aliphatic rings. The molecule has 5 unspecified atom stereocenters. The van der Waals surface area contributed by atoms with E-state index < -0.39 is 10.0 Å². The second-order valence-corrected chi connectivity index (χ2v) is 13.2. The zero-order chi connectivity index (χ0) is 24.2. The molecule has 1 N–H and O–H groups in total. The van der Waals surface area contributed by atoms with E-state index in [0.29, 0.717) is 48.3 Å². The van der Waals surface area contributed by atoms with E-state index in [9.17, 15) is 13.2 Å². The molecule has 1 amide bonds. The van der Waals surface area contributed by atoms with Crippen molar-refractivity contribution >= 4 is 27.0 Å². The molecule has 2 aromatic rings. The summed E-state index contributed by atoms with van der Waals surface area (Å²) < 4.78 is 29.8. The minimum atomic E-state index is -3.48. The number of hydrogen-bond acceptors (Lipinski definition) is 4. The highest BCUT2D eigenvalue weighted by Gasteiger charge is 2.53. The van der Waals surface area contributed by atoms with Crippen molar-refractivity contribution in [3.63, 3.8) is 0 Å². The standard InChI is InChI=1S/C27H38N4O3S/c1-2-12-31-25-9-8-19(35(33,34)30-13-3-4-14-30)17-24(25)28-26(31)10-11-27(32)29-23-16-18-15-22(23)21-7-5-6-20(18)21/h8-9,17-18,20-23H,2-7,10-16H2,1H3,(H,29,32). The fourth-order valence-corrected chi connectivity index (χ4v) is 9.34. The number of hydrogen-bond donors (Lipinski definition) is 1. The first-order chi connectivity index (χ1) is 17.0. The van der Waals surface area contributed by atoms with Crippen LogP contribution in [0.25, 0.3) is 11.0 Å². The van der Waals surface area contributed by atoms with Crippen LogP contribution in [0.4, 0.5) is 0 Å². The molecule has 6 rings (SSSR count). The Hall–Kier alpha value is -1.93. The van der Waals surface area contributed by atoms with E-state index >= 15 is 0 Å².